The normalized spacial score (nSPS) is 11.3. The first-order chi connectivity index (χ1) is 11.7. The number of fused-ring (bicyclic) bond motifs is 3. The minimum Gasteiger partial charge on any atom is -0.497 e. The molecule has 120 valence electrons. The molecule has 1 heterocycles. The lowest BCUT2D eigenvalue weighted by atomic mass is 9.96. The van der Waals surface area contributed by atoms with Crippen LogP contribution in [0.4, 0.5) is 0 Å². The standard InChI is InChI=1S/C22H21NO/c1-4-23-20-11-6-5-10-19(20)22-15(2)18(12-13-21(22)23)16-8-7-9-17(14-16)24-3/h5-14H,4H2,1-3H3. The number of methoxy groups -OCH3 is 1. The predicted octanol–water partition coefficient (Wildman–Crippen LogP) is 5.80. The molecule has 0 unspecified atom stereocenters. The molecule has 4 rings (SSSR count). The summed E-state index contributed by atoms with van der Waals surface area (Å²) in [5.41, 5.74) is 6.40. The number of aryl methyl sites for hydroxylation is 2. The highest BCUT2D eigenvalue weighted by Gasteiger charge is 2.14. The van der Waals surface area contributed by atoms with Gasteiger partial charge in [-0.25, -0.2) is 0 Å². The Bertz CT molecular complexity index is 1040. The second kappa shape index (κ2) is 5.72. The average molecular weight is 315 g/mol. The van der Waals surface area contributed by atoms with E-state index in [9.17, 15) is 0 Å². The summed E-state index contributed by atoms with van der Waals surface area (Å²) in [6.45, 7) is 5.41. The van der Waals surface area contributed by atoms with Gasteiger partial charge in [0.15, 0.2) is 0 Å². The molecule has 0 N–H and O–H groups in total. The molecule has 0 saturated carbocycles. The molecule has 0 fully saturated rings. The first kappa shape index (κ1) is 14.8. The number of hydrogen-bond acceptors (Lipinski definition) is 1. The number of nitrogens with zero attached hydrogens (tertiary/aromatic N) is 1. The zero-order chi connectivity index (χ0) is 16.7. The Labute approximate surface area is 142 Å². The third-order valence-corrected chi connectivity index (χ3v) is 4.89. The molecule has 0 bridgehead atoms. The molecule has 0 aliphatic carbocycles. The van der Waals surface area contributed by atoms with Crippen molar-refractivity contribution >= 4 is 21.8 Å². The van der Waals surface area contributed by atoms with Crippen LogP contribution in [0.3, 0.4) is 0 Å². The van der Waals surface area contributed by atoms with Gasteiger partial charge in [0, 0.05) is 28.4 Å². The van der Waals surface area contributed by atoms with E-state index in [2.05, 4.69) is 66.9 Å². The summed E-state index contributed by atoms with van der Waals surface area (Å²) < 4.78 is 7.79. The first-order valence-electron chi connectivity index (χ1n) is 8.39. The van der Waals surface area contributed by atoms with Crippen LogP contribution >= 0.6 is 0 Å². The molecule has 3 aromatic carbocycles. The molecule has 2 heteroatoms. The fraction of sp³-hybridized carbons (Fsp3) is 0.182. The van der Waals surface area contributed by atoms with E-state index in [0.29, 0.717) is 0 Å². The summed E-state index contributed by atoms with van der Waals surface area (Å²) in [5, 5.41) is 2.68. The maximum Gasteiger partial charge on any atom is 0.119 e. The van der Waals surface area contributed by atoms with E-state index in [1.54, 1.807) is 7.11 Å². The largest absolute Gasteiger partial charge is 0.497 e. The van der Waals surface area contributed by atoms with E-state index in [0.717, 1.165) is 12.3 Å². The fourth-order valence-electron chi connectivity index (χ4n) is 3.76. The molecule has 4 aromatic rings. The zero-order valence-corrected chi connectivity index (χ0v) is 14.3. The predicted molar refractivity (Wildman–Crippen MR) is 102 cm³/mol. The molecule has 0 saturated heterocycles. The number of ether oxygens (including phenoxy) is 1. The minimum absolute atomic E-state index is 0.892. The van der Waals surface area contributed by atoms with E-state index in [1.807, 2.05) is 12.1 Å². The van der Waals surface area contributed by atoms with Crippen LogP contribution in [0.25, 0.3) is 32.9 Å². The molecule has 2 nitrogen and oxygen atoms in total. The molecule has 0 aliphatic heterocycles. The van der Waals surface area contributed by atoms with Crippen LogP contribution in [0.5, 0.6) is 5.75 Å². The second-order valence-electron chi connectivity index (χ2n) is 6.13. The van der Waals surface area contributed by atoms with Gasteiger partial charge < -0.3 is 9.30 Å². The third kappa shape index (κ3) is 2.10. The summed E-state index contributed by atoms with van der Waals surface area (Å²) in [6, 6.07) is 21.5. The topological polar surface area (TPSA) is 14.2 Å². The summed E-state index contributed by atoms with van der Waals surface area (Å²) in [7, 11) is 1.71. The van der Waals surface area contributed by atoms with Crippen LogP contribution in [0.1, 0.15) is 12.5 Å². The molecule has 0 atom stereocenters. The molecular formula is C22H21NO. The van der Waals surface area contributed by atoms with Gasteiger partial charge in [0.2, 0.25) is 0 Å². The molecule has 1 aromatic heterocycles. The molecular weight excluding hydrogens is 294 g/mol. The molecule has 0 spiro atoms. The van der Waals surface area contributed by atoms with Gasteiger partial charge in [0.1, 0.15) is 5.75 Å². The van der Waals surface area contributed by atoms with E-state index in [4.69, 9.17) is 4.74 Å². The number of benzene rings is 3. The van der Waals surface area contributed by atoms with Gasteiger partial charge in [-0.05, 0) is 54.8 Å². The quantitative estimate of drug-likeness (QED) is 0.466. The van der Waals surface area contributed by atoms with Gasteiger partial charge in [-0.2, -0.15) is 0 Å². The van der Waals surface area contributed by atoms with Crippen molar-refractivity contribution < 1.29 is 4.74 Å². The summed E-state index contributed by atoms with van der Waals surface area (Å²) in [6.07, 6.45) is 0. The Morgan fingerprint density at radius 2 is 1.75 bits per heavy atom. The summed E-state index contributed by atoms with van der Waals surface area (Å²) >= 11 is 0. The van der Waals surface area contributed by atoms with E-state index < -0.39 is 0 Å². The van der Waals surface area contributed by atoms with Crippen LogP contribution in [0.15, 0.2) is 60.7 Å². The third-order valence-electron chi connectivity index (χ3n) is 4.89. The van der Waals surface area contributed by atoms with Crippen LogP contribution in [-0.2, 0) is 6.54 Å². The van der Waals surface area contributed by atoms with Crippen molar-refractivity contribution in [3.05, 3.63) is 66.2 Å². The van der Waals surface area contributed by atoms with Crippen molar-refractivity contribution in [1.29, 1.82) is 0 Å². The molecule has 0 radical (unpaired) electrons. The van der Waals surface area contributed by atoms with E-state index >= 15 is 0 Å². The lowest BCUT2D eigenvalue weighted by Gasteiger charge is -2.10. The first-order valence-corrected chi connectivity index (χ1v) is 8.39. The highest BCUT2D eigenvalue weighted by molar-refractivity contribution is 6.11. The zero-order valence-electron chi connectivity index (χ0n) is 14.3. The lowest BCUT2D eigenvalue weighted by Crippen LogP contribution is -1.93. The Morgan fingerprint density at radius 3 is 2.54 bits per heavy atom. The molecule has 24 heavy (non-hydrogen) atoms. The van der Waals surface area contributed by atoms with Crippen LogP contribution in [0.2, 0.25) is 0 Å². The average Bonchev–Trinajstić information content (AvgIpc) is 2.96. The number of aromatic nitrogens is 1. The highest BCUT2D eigenvalue weighted by Crippen LogP contribution is 2.37. The fourth-order valence-corrected chi connectivity index (χ4v) is 3.76. The Kier molecular flexibility index (Phi) is 3.53. The van der Waals surface area contributed by atoms with Crippen LogP contribution in [-0.4, -0.2) is 11.7 Å². The number of hydrogen-bond donors (Lipinski definition) is 0. The smallest absolute Gasteiger partial charge is 0.119 e. The Hall–Kier alpha value is -2.74. The van der Waals surface area contributed by atoms with Gasteiger partial charge in [-0.1, -0.05) is 36.4 Å². The van der Waals surface area contributed by atoms with Crippen molar-refractivity contribution in [3.63, 3.8) is 0 Å². The Morgan fingerprint density at radius 1 is 0.917 bits per heavy atom. The summed E-state index contributed by atoms with van der Waals surface area (Å²) in [5.74, 6) is 0.892. The minimum atomic E-state index is 0.892. The van der Waals surface area contributed by atoms with E-state index in [-0.39, 0.29) is 0 Å². The van der Waals surface area contributed by atoms with Crippen molar-refractivity contribution in [3.8, 4) is 16.9 Å². The van der Waals surface area contributed by atoms with Gasteiger partial charge in [-0.15, -0.1) is 0 Å². The van der Waals surface area contributed by atoms with Gasteiger partial charge in [-0.3, -0.25) is 0 Å². The lowest BCUT2D eigenvalue weighted by molar-refractivity contribution is 0.415. The van der Waals surface area contributed by atoms with Crippen LogP contribution < -0.4 is 4.74 Å². The maximum absolute atomic E-state index is 5.39. The van der Waals surface area contributed by atoms with E-state index in [1.165, 1.54) is 38.5 Å². The second-order valence-corrected chi connectivity index (χ2v) is 6.13. The van der Waals surface area contributed by atoms with Gasteiger partial charge in [0.25, 0.3) is 0 Å². The molecule has 0 amide bonds. The SMILES string of the molecule is CCn1c2ccccc2c2c(C)c(-c3cccc(OC)c3)ccc21. The highest BCUT2D eigenvalue weighted by atomic mass is 16.5. The van der Waals surface area contributed by atoms with Crippen LogP contribution in [0, 0.1) is 6.92 Å². The summed E-state index contributed by atoms with van der Waals surface area (Å²) in [4.78, 5) is 0. The van der Waals surface area contributed by atoms with Crippen molar-refractivity contribution in [2.45, 2.75) is 20.4 Å². The van der Waals surface area contributed by atoms with Gasteiger partial charge >= 0.3 is 0 Å². The van der Waals surface area contributed by atoms with Crippen molar-refractivity contribution in [2.75, 3.05) is 7.11 Å². The Balaban J connectivity index is 2.06. The number of para-hydroxylation sites is 1. The number of rotatable bonds is 3. The maximum atomic E-state index is 5.39. The van der Waals surface area contributed by atoms with Crippen molar-refractivity contribution in [1.82, 2.24) is 4.57 Å². The monoisotopic (exact) mass is 315 g/mol. The molecule has 0 aliphatic rings. The van der Waals surface area contributed by atoms with Crippen molar-refractivity contribution in [2.24, 2.45) is 0 Å². The van der Waals surface area contributed by atoms with Gasteiger partial charge in [0.05, 0.1) is 7.11 Å².